The smallest absolute Gasteiger partial charge is 0.0959 e. The van der Waals surface area contributed by atoms with Gasteiger partial charge in [0, 0.05) is 11.7 Å². The van der Waals surface area contributed by atoms with E-state index in [9.17, 15) is 0 Å². The summed E-state index contributed by atoms with van der Waals surface area (Å²) in [6.45, 7) is 14.8. The van der Waals surface area contributed by atoms with Crippen LogP contribution < -0.4 is 10.6 Å². The summed E-state index contributed by atoms with van der Waals surface area (Å²) in [5.74, 6) is 1.45. The Hall–Kier alpha value is -1.70. The molecule has 0 bridgehead atoms. The molecule has 19 heavy (non-hydrogen) atoms. The van der Waals surface area contributed by atoms with Crippen molar-refractivity contribution in [2.75, 3.05) is 0 Å². The zero-order chi connectivity index (χ0) is 14.3. The van der Waals surface area contributed by atoms with Crippen LogP contribution in [0.2, 0.25) is 0 Å². The molecule has 0 heterocycles. The molecule has 2 N–H and O–H groups in total. The number of hydrogen-bond acceptors (Lipinski definition) is 2. The van der Waals surface area contributed by atoms with Crippen LogP contribution >= 0.6 is 0 Å². The highest BCUT2D eigenvalue weighted by molar-refractivity contribution is 5.62. The molecule has 0 fully saturated rings. The van der Waals surface area contributed by atoms with E-state index in [1.54, 1.807) is 0 Å². The summed E-state index contributed by atoms with van der Waals surface area (Å²) in [5, 5.41) is 6.69. The van der Waals surface area contributed by atoms with Crippen LogP contribution in [0.4, 0.5) is 0 Å². The fourth-order valence-electron chi connectivity index (χ4n) is 2.08. The highest BCUT2D eigenvalue weighted by Crippen LogP contribution is 2.13. The Morgan fingerprint density at radius 3 is 2.26 bits per heavy atom. The van der Waals surface area contributed by atoms with Crippen molar-refractivity contribution >= 4 is 5.70 Å². The number of rotatable bonds is 8. The molecule has 0 radical (unpaired) electrons. The SMILES string of the molecule is C=C(NC(=C)c1ccccc1)NC(CC)C(C)CC. The third-order valence-corrected chi connectivity index (χ3v) is 3.55. The fourth-order valence-corrected chi connectivity index (χ4v) is 2.08. The summed E-state index contributed by atoms with van der Waals surface area (Å²) < 4.78 is 0. The first-order chi connectivity index (χ1) is 9.08. The van der Waals surface area contributed by atoms with Gasteiger partial charge in [0.05, 0.1) is 5.82 Å². The largest absolute Gasteiger partial charge is 0.369 e. The summed E-state index contributed by atoms with van der Waals surface area (Å²) in [6, 6.07) is 10.5. The van der Waals surface area contributed by atoms with Gasteiger partial charge in [0.2, 0.25) is 0 Å². The molecule has 0 aliphatic heterocycles. The van der Waals surface area contributed by atoms with E-state index >= 15 is 0 Å². The van der Waals surface area contributed by atoms with Crippen LogP contribution in [0.15, 0.2) is 49.3 Å². The first kappa shape index (κ1) is 15.4. The Balaban J connectivity index is 2.53. The van der Waals surface area contributed by atoms with Crippen LogP contribution in [0, 0.1) is 5.92 Å². The van der Waals surface area contributed by atoms with Gasteiger partial charge in [-0.05, 0) is 17.9 Å². The average Bonchev–Trinajstić information content (AvgIpc) is 2.44. The van der Waals surface area contributed by atoms with Crippen LogP contribution in [0.1, 0.15) is 39.2 Å². The lowest BCUT2D eigenvalue weighted by molar-refractivity contribution is 0.378. The summed E-state index contributed by atoms with van der Waals surface area (Å²) in [6.07, 6.45) is 2.26. The molecule has 0 saturated carbocycles. The minimum atomic E-state index is 0.452. The minimum Gasteiger partial charge on any atom is -0.369 e. The Kier molecular flexibility index (Phi) is 6.20. The summed E-state index contributed by atoms with van der Waals surface area (Å²) in [4.78, 5) is 0. The number of hydrogen-bond donors (Lipinski definition) is 2. The molecule has 1 aromatic rings. The molecule has 2 heteroatoms. The zero-order valence-corrected chi connectivity index (χ0v) is 12.4. The molecule has 2 unspecified atom stereocenters. The summed E-state index contributed by atoms with van der Waals surface area (Å²) in [5.41, 5.74) is 1.96. The van der Waals surface area contributed by atoms with Crippen molar-refractivity contribution in [1.82, 2.24) is 10.6 Å². The maximum atomic E-state index is 4.05. The van der Waals surface area contributed by atoms with Gasteiger partial charge in [0.1, 0.15) is 0 Å². The van der Waals surface area contributed by atoms with Crippen LogP contribution in [-0.2, 0) is 0 Å². The molecule has 1 aromatic carbocycles. The number of benzene rings is 1. The van der Waals surface area contributed by atoms with Crippen LogP contribution in [0.25, 0.3) is 5.70 Å². The van der Waals surface area contributed by atoms with Crippen molar-refractivity contribution in [3.8, 4) is 0 Å². The van der Waals surface area contributed by atoms with Gasteiger partial charge in [0.25, 0.3) is 0 Å². The van der Waals surface area contributed by atoms with Gasteiger partial charge in [-0.3, -0.25) is 0 Å². The second kappa shape index (κ2) is 7.67. The monoisotopic (exact) mass is 258 g/mol. The molecule has 1 rings (SSSR count). The maximum absolute atomic E-state index is 4.05. The van der Waals surface area contributed by atoms with E-state index in [0.29, 0.717) is 12.0 Å². The van der Waals surface area contributed by atoms with Gasteiger partial charge >= 0.3 is 0 Å². The van der Waals surface area contributed by atoms with Crippen molar-refractivity contribution in [3.05, 3.63) is 54.9 Å². The minimum absolute atomic E-state index is 0.452. The molecule has 0 aliphatic rings. The van der Waals surface area contributed by atoms with Gasteiger partial charge in [-0.2, -0.15) is 0 Å². The Morgan fingerprint density at radius 1 is 1.11 bits per heavy atom. The molecule has 104 valence electrons. The normalized spacial score (nSPS) is 13.4. The highest BCUT2D eigenvalue weighted by atomic mass is 15.1. The Labute approximate surface area is 117 Å². The molecule has 2 nitrogen and oxygen atoms in total. The molecular formula is C17H26N2. The molecule has 0 aliphatic carbocycles. The van der Waals surface area contributed by atoms with Gasteiger partial charge in [0.15, 0.2) is 0 Å². The second-order valence-corrected chi connectivity index (χ2v) is 4.99. The lowest BCUT2D eigenvalue weighted by Gasteiger charge is -2.26. The van der Waals surface area contributed by atoms with Crippen LogP contribution in [-0.4, -0.2) is 6.04 Å². The molecule has 2 atom stereocenters. The Bertz CT molecular complexity index is 409. The van der Waals surface area contributed by atoms with Crippen molar-refractivity contribution in [2.45, 2.75) is 39.7 Å². The third kappa shape index (κ3) is 4.82. The van der Waals surface area contributed by atoms with Crippen molar-refractivity contribution in [3.63, 3.8) is 0 Å². The van der Waals surface area contributed by atoms with Crippen molar-refractivity contribution < 1.29 is 0 Å². The maximum Gasteiger partial charge on any atom is 0.0959 e. The van der Waals surface area contributed by atoms with E-state index in [0.717, 1.165) is 23.5 Å². The quantitative estimate of drug-likeness (QED) is 0.732. The van der Waals surface area contributed by atoms with E-state index in [1.807, 2.05) is 30.3 Å². The van der Waals surface area contributed by atoms with Gasteiger partial charge in [-0.1, -0.05) is 70.7 Å². The highest BCUT2D eigenvalue weighted by Gasteiger charge is 2.13. The predicted molar refractivity (Wildman–Crippen MR) is 84.4 cm³/mol. The summed E-state index contributed by atoms with van der Waals surface area (Å²) in [7, 11) is 0. The first-order valence-corrected chi connectivity index (χ1v) is 7.05. The lowest BCUT2D eigenvalue weighted by atomic mass is 9.97. The fraction of sp³-hybridized carbons (Fsp3) is 0.412. The van der Waals surface area contributed by atoms with E-state index < -0.39 is 0 Å². The zero-order valence-electron chi connectivity index (χ0n) is 12.4. The second-order valence-electron chi connectivity index (χ2n) is 4.99. The molecule has 0 spiro atoms. The van der Waals surface area contributed by atoms with Crippen molar-refractivity contribution in [2.24, 2.45) is 5.92 Å². The average molecular weight is 258 g/mol. The first-order valence-electron chi connectivity index (χ1n) is 7.05. The van der Waals surface area contributed by atoms with E-state index in [2.05, 4.69) is 44.6 Å². The molecule has 0 amide bonds. The molecular weight excluding hydrogens is 232 g/mol. The lowest BCUT2D eigenvalue weighted by Crippen LogP contribution is -2.37. The topological polar surface area (TPSA) is 24.1 Å². The predicted octanol–water partition coefficient (Wildman–Crippen LogP) is 4.13. The number of nitrogens with one attached hydrogen (secondary N) is 2. The summed E-state index contributed by atoms with van der Waals surface area (Å²) >= 11 is 0. The molecule has 0 saturated heterocycles. The third-order valence-electron chi connectivity index (χ3n) is 3.55. The van der Waals surface area contributed by atoms with Gasteiger partial charge in [-0.25, -0.2) is 0 Å². The van der Waals surface area contributed by atoms with E-state index in [1.165, 1.54) is 6.42 Å². The van der Waals surface area contributed by atoms with Gasteiger partial charge < -0.3 is 10.6 Å². The van der Waals surface area contributed by atoms with Crippen molar-refractivity contribution in [1.29, 1.82) is 0 Å². The van der Waals surface area contributed by atoms with Crippen LogP contribution in [0.3, 0.4) is 0 Å². The Morgan fingerprint density at radius 2 is 1.74 bits per heavy atom. The van der Waals surface area contributed by atoms with Gasteiger partial charge in [-0.15, -0.1) is 0 Å². The van der Waals surface area contributed by atoms with Crippen LogP contribution in [0.5, 0.6) is 0 Å². The molecule has 0 aromatic heterocycles. The van der Waals surface area contributed by atoms with E-state index in [-0.39, 0.29) is 0 Å². The standard InChI is InChI=1S/C17H26N2/c1-6-13(3)17(7-2)19-15(5)18-14(4)16-11-9-8-10-12-16/h8-13,17-19H,4-7H2,1-3H3. The van der Waals surface area contributed by atoms with E-state index in [4.69, 9.17) is 0 Å².